The molecule has 0 aliphatic heterocycles. The molecule has 102 valence electrons. The van der Waals surface area contributed by atoms with Crippen LogP contribution >= 0.6 is 15.9 Å². The van der Waals surface area contributed by atoms with Gasteiger partial charge in [0.1, 0.15) is 5.76 Å². The Hall–Kier alpha value is -1.06. The smallest absolute Gasteiger partial charge is 0.169 e. The number of rotatable bonds is 6. The first kappa shape index (κ1) is 14.4. The highest BCUT2D eigenvalue weighted by atomic mass is 79.9. The minimum Gasteiger partial charge on any atom is -0.453 e. The van der Waals surface area contributed by atoms with Gasteiger partial charge >= 0.3 is 0 Å². The number of hydrogen-bond acceptors (Lipinski definition) is 2. The van der Waals surface area contributed by atoms with E-state index >= 15 is 0 Å². The van der Waals surface area contributed by atoms with E-state index in [4.69, 9.17) is 4.42 Å². The zero-order chi connectivity index (χ0) is 13.7. The second-order valence-electron chi connectivity index (χ2n) is 4.63. The second-order valence-corrected chi connectivity index (χ2v) is 5.41. The molecule has 1 heterocycles. The van der Waals surface area contributed by atoms with Crippen molar-refractivity contribution in [3.63, 3.8) is 0 Å². The normalized spacial score (nSPS) is 12.6. The maximum Gasteiger partial charge on any atom is 0.169 e. The molecule has 2 nitrogen and oxygen atoms in total. The third-order valence-corrected chi connectivity index (χ3v) is 3.69. The number of hydrogen-bond donors (Lipinski definition) is 1. The summed E-state index contributed by atoms with van der Waals surface area (Å²) in [4.78, 5) is 0. The average Bonchev–Trinajstić information content (AvgIpc) is 2.86. The van der Waals surface area contributed by atoms with Gasteiger partial charge in [0.2, 0.25) is 0 Å². The SMILES string of the molecule is CCNC(Cc1ccc(CC)cc1)c1ccc(Br)o1. The molecular weight excluding hydrogens is 302 g/mol. The summed E-state index contributed by atoms with van der Waals surface area (Å²) in [6.45, 7) is 5.22. The molecule has 0 amide bonds. The Kier molecular flexibility index (Phi) is 5.23. The van der Waals surface area contributed by atoms with Crippen molar-refractivity contribution < 1.29 is 4.42 Å². The molecule has 3 heteroatoms. The molecule has 19 heavy (non-hydrogen) atoms. The van der Waals surface area contributed by atoms with Gasteiger partial charge in [-0.2, -0.15) is 0 Å². The summed E-state index contributed by atoms with van der Waals surface area (Å²) in [5, 5.41) is 3.47. The maximum atomic E-state index is 5.67. The predicted octanol–water partition coefficient (Wildman–Crippen LogP) is 4.50. The van der Waals surface area contributed by atoms with Crippen molar-refractivity contribution in [3.05, 3.63) is 58.0 Å². The topological polar surface area (TPSA) is 25.2 Å². The van der Waals surface area contributed by atoms with Gasteiger partial charge in [0.15, 0.2) is 4.67 Å². The molecule has 0 spiro atoms. The van der Waals surface area contributed by atoms with E-state index in [9.17, 15) is 0 Å². The van der Waals surface area contributed by atoms with Crippen LogP contribution in [0.15, 0.2) is 45.5 Å². The minimum atomic E-state index is 0.226. The van der Waals surface area contributed by atoms with Crippen LogP contribution in [0.5, 0.6) is 0 Å². The van der Waals surface area contributed by atoms with Gasteiger partial charge in [-0.15, -0.1) is 0 Å². The van der Waals surface area contributed by atoms with Crippen LogP contribution in [0, 0.1) is 0 Å². The summed E-state index contributed by atoms with van der Waals surface area (Å²) < 4.78 is 6.45. The van der Waals surface area contributed by atoms with Crippen LogP contribution in [0.25, 0.3) is 0 Å². The summed E-state index contributed by atoms with van der Waals surface area (Å²) in [5.41, 5.74) is 2.71. The van der Waals surface area contributed by atoms with Crippen LogP contribution in [0.3, 0.4) is 0 Å². The van der Waals surface area contributed by atoms with Crippen molar-refractivity contribution in [2.75, 3.05) is 6.54 Å². The highest BCUT2D eigenvalue weighted by Gasteiger charge is 2.14. The van der Waals surface area contributed by atoms with Crippen LogP contribution in [0.1, 0.15) is 36.8 Å². The highest BCUT2D eigenvalue weighted by molar-refractivity contribution is 9.10. The molecule has 1 atom stereocenters. The summed E-state index contributed by atoms with van der Waals surface area (Å²) in [6.07, 6.45) is 2.03. The van der Waals surface area contributed by atoms with E-state index in [-0.39, 0.29) is 6.04 Å². The summed E-state index contributed by atoms with van der Waals surface area (Å²) in [5.74, 6) is 0.980. The van der Waals surface area contributed by atoms with Crippen molar-refractivity contribution in [1.82, 2.24) is 5.32 Å². The average molecular weight is 322 g/mol. The van der Waals surface area contributed by atoms with Gasteiger partial charge < -0.3 is 9.73 Å². The van der Waals surface area contributed by atoms with Crippen LogP contribution < -0.4 is 5.32 Å². The highest BCUT2D eigenvalue weighted by Crippen LogP contribution is 2.23. The quantitative estimate of drug-likeness (QED) is 0.847. The molecule has 1 unspecified atom stereocenters. The number of nitrogens with one attached hydrogen (secondary N) is 1. The zero-order valence-electron chi connectivity index (χ0n) is 11.4. The first-order valence-electron chi connectivity index (χ1n) is 6.79. The Morgan fingerprint density at radius 3 is 2.26 bits per heavy atom. The fourth-order valence-corrected chi connectivity index (χ4v) is 2.50. The van der Waals surface area contributed by atoms with E-state index in [2.05, 4.69) is 59.4 Å². The lowest BCUT2D eigenvalue weighted by Gasteiger charge is -2.15. The number of benzene rings is 1. The van der Waals surface area contributed by atoms with Crippen molar-refractivity contribution in [2.24, 2.45) is 0 Å². The van der Waals surface area contributed by atoms with Gasteiger partial charge in [0.25, 0.3) is 0 Å². The van der Waals surface area contributed by atoms with Crippen molar-refractivity contribution in [2.45, 2.75) is 32.7 Å². The van der Waals surface area contributed by atoms with E-state index in [1.807, 2.05) is 12.1 Å². The van der Waals surface area contributed by atoms with E-state index < -0.39 is 0 Å². The van der Waals surface area contributed by atoms with E-state index in [1.165, 1.54) is 11.1 Å². The van der Waals surface area contributed by atoms with Crippen molar-refractivity contribution in [1.29, 1.82) is 0 Å². The third-order valence-electron chi connectivity index (χ3n) is 3.26. The first-order valence-corrected chi connectivity index (χ1v) is 7.58. The molecular formula is C16H20BrNO. The Balaban J connectivity index is 2.11. The molecule has 2 rings (SSSR count). The maximum absolute atomic E-state index is 5.67. The molecule has 0 radical (unpaired) electrons. The number of halogens is 1. The molecule has 0 fully saturated rings. The monoisotopic (exact) mass is 321 g/mol. The Labute approximate surface area is 123 Å². The Morgan fingerprint density at radius 2 is 1.74 bits per heavy atom. The van der Waals surface area contributed by atoms with Gasteiger partial charge in [-0.25, -0.2) is 0 Å². The first-order chi connectivity index (χ1) is 9.22. The lowest BCUT2D eigenvalue weighted by molar-refractivity contribution is 0.405. The second kappa shape index (κ2) is 6.92. The van der Waals surface area contributed by atoms with Gasteiger partial charge in [0, 0.05) is 0 Å². The number of likely N-dealkylation sites (N-methyl/N-ethyl adjacent to an activating group) is 1. The summed E-state index contributed by atoms with van der Waals surface area (Å²) in [7, 11) is 0. The summed E-state index contributed by atoms with van der Waals surface area (Å²) >= 11 is 3.36. The largest absolute Gasteiger partial charge is 0.453 e. The Bertz CT molecular complexity index is 504. The van der Waals surface area contributed by atoms with Crippen LogP contribution in [0.4, 0.5) is 0 Å². The molecule has 1 aromatic carbocycles. The van der Waals surface area contributed by atoms with Crippen LogP contribution in [-0.2, 0) is 12.8 Å². The number of furan rings is 1. The zero-order valence-corrected chi connectivity index (χ0v) is 13.0. The van der Waals surface area contributed by atoms with Crippen LogP contribution in [0.2, 0.25) is 0 Å². The molecule has 1 aromatic heterocycles. The van der Waals surface area contributed by atoms with Crippen molar-refractivity contribution in [3.8, 4) is 0 Å². The van der Waals surface area contributed by atoms with E-state index in [0.29, 0.717) is 0 Å². The third kappa shape index (κ3) is 3.95. The standard InChI is InChI=1S/C16H20BrNO/c1-3-12-5-7-13(8-6-12)11-14(18-4-2)15-9-10-16(17)19-15/h5-10,14,18H,3-4,11H2,1-2H3. The predicted molar refractivity (Wildman–Crippen MR) is 82.3 cm³/mol. The molecule has 0 aliphatic carbocycles. The Morgan fingerprint density at radius 1 is 1.05 bits per heavy atom. The van der Waals surface area contributed by atoms with E-state index in [1.54, 1.807) is 0 Å². The molecule has 0 saturated heterocycles. The van der Waals surface area contributed by atoms with Crippen molar-refractivity contribution >= 4 is 15.9 Å². The van der Waals surface area contributed by atoms with Gasteiger partial charge in [-0.3, -0.25) is 0 Å². The molecule has 1 N–H and O–H groups in total. The van der Waals surface area contributed by atoms with Crippen LogP contribution in [-0.4, -0.2) is 6.54 Å². The summed E-state index contributed by atoms with van der Waals surface area (Å²) in [6, 6.07) is 13.0. The molecule has 0 bridgehead atoms. The molecule has 0 aliphatic rings. The molecule has 2 aromatic rings. The minimum absolute atomic E-state index is 0.226. The molecule has 0 saturated carbocycles. The lowest BCUT2D eigenvalue weighted by Crippen LogP contribution is -2.22. The van der Waals surface area contributed by atoms with Gasteiger partial charge in [-0.05, 0) is 58.6 Å². The van der Waals surface area contributed by atoms with Gasteiger partial charge in [0.05, 0.1) is 6.04 Å². The van der Waals surface area contributed by atoms with Gasteiger partial charge in [-0.1, -0.05) is 38.1 Å². The fraction of sp³-hybridized carbons (Fsp3) is 0.375. The number of aryl methyl sites for hydroxylation is 1. The lowest BCUT2D eigenvalue weighted by atomic mass is 10.0. The fourth-order valence-electron chi connectivity index (χ4n) is 2.18. The van der Waals surface area contributed by atoms with E-state index in [0.717, 1.165) is 29.8 Å².